The van der Waals surface area contributed by atoms with E-state index in [4.69, 9.17) is 17.3 Å². The normalized spacial score (nSPS) is 9.75. The van der Waals surface area contributed by atoms with Gasteiger partial charge in [-0.05, 0) is 0 Å². The zero-order valence-electron chi connectivity index (χ0n) is 5.57. The number of anilines is 1. The van der Waals surface area contributed by atoms with Crippen molar-refractivity contribution in [2.75, 3.05) is 5.73 Å². The molecule has 1 rings (SSSR count). The lowest BCUT2D eigenvalue weighted by Gasteiger charge is -1.95. The van der Waals surface area contributed by atoms with E-state index >= 15 is 0 Å². The molecule has 0 radical (unpaired) electrons. The van der Waals surface area contributed by atoms with Gasteiger partial charge in [0.1, 0.15) is 0 Å². The van der Waals surface area contributed by atoms with Crippen molar-refractivity contribution >= 4 is 23.1 Å². The second-order valence-electron chi connectivity index (χ2n) is 1.85. The molecule has 0 bridgehead atoms. The van der Waals surface area contributed by atoms with E-state index in [1.807, 2.05) is 4.98 Å². The Hall–Kier alpha value is -1.63. The third-order valence-corrected chi connectivity index (χ3v) is 1.35. The van der Waals surface area contributed by atoms with Gasteiger partial charge in [-0.3, -0.25) is 15.1 Å². The monoisotopic (exact) mass is 190 g/mol. The van der Waals surface area contributed by atoms with Gasteiger partial charge in [0.2, 0.25) is 5.82 Å². The van der Waals surface area contributed by atoms with Crippen LogP contribution in [-0.2, 0) is 0 Å². The summed E-state index contributed by atoms with van der Waals surface area (Å²) < 4.78 is 0. The number of nitrogens with one attached hydrogen (secondary N) is 1. The molecule has 0 atom stereocenters. The van der Waals surface area contributed by atoms with E-state index in [2.05, 4.69) is 4.98 Å². The van der Waals surface area contributed by atoms with Crippen LogP contribution in [0.2, 0.25) is 5.15 Å². The predicted molar refractivity (Wildman–Crippen MR) is 40.9 cm³/mol. The first kappa shape index (κ1) is 8.47. The number of nitro groups is 1. The van der Waals surface area contributed by atoms with Crippen molar-refractivity contribution in [1.82, 2.24) is 9.97 Å². The molecule has 7 nitrogen and oxygen atoms in total. The fourth-order valence-electron chi connectivity index (χ4n) is 0.630. The van der Waals surface area contributed by atoms with E-state index in [0.29, 0.717) is 0 Å². The molecular formula is C4H3ClN4O3. The Morgan fingerprint density at radius 2 is 2.25 bits per heavy atom. The van der Waals surface area contributed by atoms with Crippen molar-refractivity contribution in [2.45, 2.75) is 0 Å². The number of hydrogen-bond acceptors (Lipinski definition) is 5. The minimum atomic E-state index is -0.819. The molecule has 1 aromatic heterocycles. The Bertz CT molecular complexity index is 360. The summed E-state index contributed by atoms with van der Waals surface area (Å²) >= 11 is 5.31. The van der Waals surface area contributed by atoms with Crippen LogP contribution in [0, 0.1) is 10.1 Å². The van der Waals surface area contributed by atoms with Crippen LogP contribution in [0.3, 0.4) is 0 Å². The van der Waals surface area contributed by atoms with Gasteiger partial charge in [0.15, 0.2) is 5.15 Å². The summed E-state index contributed by atoms with van der Waals surface area (Å²) in [4.78, 5) is 25.0. The van der Waals surface area contributed by atoms with Crippen LogP contribution in [0.25, 0.3) is 0 Å². The zero-order valence-corrected chi connectivity index (χ0v) is 6.33. The van der Waals surface area contributed by atoms with E-state index in [9.17, 15) is 14.9 Å². The molecule has 0 amide bonds. The van der Waals surface area contributed by atoms with Gasteiger partial charge in [0, 0.05) is 0 Å². The Labute approximate surface area is 70.3 Å². The second kappa shape index (κ2) is 2.78. The molecule has 1 aromatic rings. The minimum Gasteiger partial charge on any atom is -0.378 e. The Kier molecular flexibility index (Phi) is 1.96. The average molecular weight is 191 g/mol. The van der Waals surface area contributed by atoms with Crippen LogP contribution < -0.4 is 11.4 Å². The van der Waals surface area contributed by atoms with Crippen molar-refractivity contribution < 1.29 is 4.92 Å². The summed E-state index contributed by atoms with van der Waals surface area (Å²) in [6.07, 6.45) is 0. The molecule has 8 heteroatoms. The smallest absolute Gasteiger partial charge is 0.348 e. The maximum atomic E-state index is 10.5. The summed E-state index contributed by atoms with van der Waals surface area (Å²) in [5.41, 5.74) is 3.66. The third kappa shape index (κ3) is 1.35. The molecule has 0 aliphatic carbocycles. The molecule has 0 saturated heterocycles. The molecule has 0 aliphatic rings. The Morgan fingerprint density at radius 3 is 2.67 bits per heavy atom. The number of nitrogens with two attached hydrogens (primary N) is 1. The van der Waals surface area contributed by atoms with Crippen LogP contribution in [0.15, 0.2) is 4.79 Å². The fourth-order valence-corrected chi connectivity index (χ4v) is 0.876. The number of aromatic amines is 1. The van der Waals surface area contributed by atoms with E-state index in [1.165, 1.54) is 0 Å². The molecule has 0 spiro atoms. The molecule has 1 heterocycles. The highest BCUT2D eigenvalue weighted by Gasteiger charge is 2.19. The highest BCUT2D eigenvalue weighted by molar-refractivity contribution is 6.31. The fraction of sp³-hybridized carbons (Fsp3) is 0. The first-order valence-corrected chi connectivity index (χ1v) is 3.10. The van der Waals surface area contributed by atoms with Crippen molar-refractivity contribution in [2.24, 2.45) is 0 Å². The molecule has 12 heavy (non-hydrogen) atoms. The number of hydrogen-bond donors (Lipinski definition) is 2. The van der Waals surface area contributed by atoms with Gasteiger partial charge >= 0.3 is 11.4 Å². The van der Waals surface area contributed by atoms with Crippen molar-refractivity contribution in [3.63, 3.8) is 0 Å². The predicted octanol–water partition coefficient (Wildman–Crippen LogP) is -0.0863. The summed E-state index contributed by atoms with van der Waals surface area (Å²) in [6.45, 7) is 0. The highest BCUT2D eigenvalue weighted by Crippen LogP contribution is 2.24. The molecule has 3 N–H and O–H groups in total. The van der Waals surface area contributed by atoms with Crippen LogP contribution in [0.5, 0.6) is 0 Å². The van der Waals surface area contributed by atoms with E-state index in [0.717, 1.165) is 0 Å². The Morgan fingerprint density at radius 1 is 1.67 bits per heavy atom. The zero-order chi connectivity index (χ0) is 9.30. The standard InChI is InChI=1S/C4H3ClN4O3/c5-2-1(9(11)12)3(6)8-4(10)7-2/h(H3,6,7,8,10). The van der Waals surface area contributed by atoms with Crippen LogP contribution in [0.4, 0.5) is 11.5 Å². The number of H-pyrrole nitrogens is 1. The first-order valence-electron chi connectivity index (χ1n) is 2.72. The van der Waals surface area contributed by atoms with Crippen LogP contribution in [0.1, 0.15) is 0 Å². The van der Waals surface area contributed by atoms with Gasteiger partial charge in [-0.15, -0.1) is 0 Å². The van der Waals surface area contributed by atoms with Gasteiger partial charge in [-0.2, -0.15) is 4.98 Å². The number of nitrogen functional groups attached to an aromatic ring is 1. The van der Waals surface area contributed by atoms with Crippen molar-refractivity contribution in [3.8, 4) is 0 Å². The van der Waals surface area contributed by atoms with Gasteiger partial charge in [-0.1, -0.05) is 11.6 Å². The summed E-state index contributed by atoms with van der Waals surface area (Å²) in [5.74, 6) is -0.492. The highest BCUT2D eigenvalue weighted by atomic mass is 35.5. The molecular weight excluding hydrogens is 188 g/mol. The SMILES string of the molecule is Nc1nc(=O)[nH]c(Cl)c1[N+](=O)[O-]. The lowest BCUT2D eigenvalue weighted by atomic mass is 10.5. The summed E-state index contributed by atoms with van der Waals surface area (Å²) in [6, 6.07) is 0. The van der Waals surface area contributed by atoms with Crippen molar-refractivity contribution in [3.05, 3.63) is 25.8 Å². The first-order chi connectivity index (χ1) is 5.52. The molecule has 0 aliphatic heterocycles. The van der Waals surface area contributed by atoms with Crippen LogP contribution in [-0.4, -0.2) is 14.9 Å². The molecule has 0 unspecified atom stereocenters. The molecule has 64 valence electrons. The molecule has 0 aromatic carbocycles. The van der Waals surface area contributed by atoms with Gasteiger partial charge in [-0.25, -0.2) is 4.79 Å². The number of nitrogens with zero attached hydrogens (tertiary/aromatic N) is 2. The quantitative estimate of drug-likeness (QED) is 0.365. The van der Waals surface area contributed by atoms with E-state index < -0.39 is 27.3 Å². The van der Waals surface area contributed by atoms with Crippen molar-refractivity contribution in [1.29, 1.82) is 0 Å². The van der Waals surface area contributed by atoms with Gasteiger partial charge < -0.3 is 5.73 Å². The number of aromatic nitrogens is 2. The van der Waals surface area contributed by atoms with E-state index in [1.54, 1.807) is 0 Å². The lowest BCUT2D eigenvalue weighted by molar-refractivity contribution is -0.384. The average Bonchev–Trinajstić information content (AvgIpc) is 1.82. The second-order valence-corrected chi connectivity index (χ2v) is 2.22. The van der Waals surface area contributed by atoms with Gasteiger partial charge in [0.25, 0.3) is 0 Å². The molecule has 0 fully saturated rings. The lowest BCUT2D eigenvalue weighted by Crippen LogP contribution is -2.14. The maximum absolute atomic E-state index is 10.5. The van der Waals surface area contributed by atoms with Gasteiger partial charge in [0.05, 0.1) is 4.92 Å². The topological polar surface area (TPSA) is 115 Å². The van der Waals surface area contributed by atoms with E-state index in [-0.39, 0.29) is 0 Å². The third-order valence-electron chi connectivity index (χ3n) is 1.07. The minimum absolute atomic E-state index is 0.419. The number of halogens is 1. The summed E-state index contributed by atoms with van der Waals surface area (Å²) in [7, 11) is 0. The van der Waals surface area contributed by atoms with Crippen LogP contribution >= 0.6 is 11.6 Å². The Balaban J connectivity index is 3.48. The molecule has 0 saturated carbocycles. The maximum Gasteiger partial charge on any atom is 0.348 e. The number of rotatable bonds is 1. The summed E-state index contributed by atoms with van der Waals surface area (Å²) in [5, 5.41) is 9.81. The largest absolute Gasteiger partial charge is 0.378 e.